The van der Waals surface area contributed by atoms with Crippen LogP contribution >= 0.6 is 10.7 Å². The molecule has 0 bridgehead atoms. The molecule has 18 heavy (non-hydrogen) atoms. The third-order valence-corrected chi connectivity index (χ3v) is 3.97. The van der Waals surface area contributed by atoms with E-state index in [9.17, 15) is 8.42 Å². The molecule has 1 heterocycles. The Kier molecular flexibility index (Phi) is 5.41. The number of rotatable bonds is 6. The first-order valence-electron chi connectivity index (χ1n) is 5.76. The standard InChI is InChI=1S/C12H18ClNO3S/c1-9(2)11(8-18(13,15)16)7-17-12-5-4-6-14-10(12)3/h4-6,9,11H,7-8H2,1-3H3. The van der Waals surface area contributed by atoms with Gasteiger partial charge in [-0.15, -0.1) is 0 Å². The van der Waals surface area contributed by atoms with Crippen molar-refractivity contribution in [1.82, 2.24) is 4.98 Å². The molecule has 0 aliphatic rings. The van der Waals surface area contributed by atoms with Gasteiger partial charge in [0.15, 0.2) is 0 Å². The first-order chi connectivity index (χ1) is 8.29. The minimum atomic E-state index is -3.51. The lowest BCUT2D eigenvalue weighted by Gasteiger charge is -2.20. The van der Waals surface area contributed by atoms with Gasteiger partial charge in [-0.05, 0) is 25.0 Å². The Labute approximate surface area is 113 Å². The fourth-order valence-corrected chi connectivity index (χ4v) is 2.99. The molecule has 1 aromatic heterocycles. The minimum absolute atomic E-state index is 0.0778. The molecule has 6 heteroatoms. The van der Waals surface area contributed by atoms with Crippen LogP contribution in [0.15, 0.2) is 18.3 Å². The number of ether oxygens (including phenoxy) is 1. The van der Waals surface area contributed by atoms with Crippen molar-refractivity contribution >= 4 is 19.7 Å². The van der Waals surface area contributed by atoms with Crippen LogP contribution in [-0.4, -0.2) is 25.8 Å². The molecule has 0 spiro atoms. The predicted octanol–water partition coefficient (Wildman–Crippen LogP) is 2.61. The fraction of sp³-hybridized carbons (Fsp3) is 0.583. The van der Waals surface area contributed by atoms with Crippen LogP contribution < -0.4 is 4.74 Å². The second-order valence-corrected chi connectivity index (χ2v) is 7.43. The number of aromatic nitrogens is 1. The summed E-state index contributed by atoms with van der Waals surface area (Å²) in [6.07, 6.45) is 1.69. The second kappa shape index (κ2) is 6.38. The zero-order valence-electron chi connectivity index (χ0n) is 10.8. The molecule has 0 aliphatic carbocycles. The molecule has 0 amide bonds. The monoisotopic (exact) mass is 291 g/mol. The maximum atomic E-state index is 11.1. The third-order valence-electron chi connectivity index (χ3n) is 2.77. The van der Waals surface area contributed by atoms with Gasteiger partial charge in [-0.2, -0.15) is 0 Å². The Hall–Kier alpha value is -0.810. The van der Waals surface area contributed by atoms with E-state index in [1.165, 1.54) is 0 Å². The number of nitrogens with zero attached hydrogens (tertiary/aromatic N) is 1. The van der Waals surface area contributed by atoms with Crippen LogP contribution in [0.1, 0.15) is 19.5 Å². The molecule has 0 aliphatic heterocycles. The topological polar surface area (TPSA) is 56.3 Å². The van der Waals surface area contributed by atoms with Gasteiger partial charge in [0.2, 0.25) is 9.05 Å². The van der Waals surface area contributed by atoms with Gasteiger partial charge >= 0.3 is 0 Å². The summed E-state index contributed by atoms with van der Waals surface area (Å²) in [5.74, 6) is 0.642. The largest absolute Gasteiger partial charge is 0.491 e. The lowest BCUT2D eigenvalue weighted by atomic mass is 9.99. The molecule has 0 N–H and O–H groups in total. The Morgan fingerprint density at radius 2 is 2.11 bits per heavy atom. The van der Waals surface area contributed by atoms with Crippen LogP contribution in [0, 0.1) is 18.8 Å². The van der Waals surface area contributed by atoms with Crippen LogP contribution in [0.3, 0.4) is 0 Å². The van der Waals surface area contributed by atoms with Crippen molar-refractivity contribution in [3.63, 3.8) is 0 Å². The average Bonchev–Trinajstić information content (AvgIpc) is 2.24. The van der Waals surface area contributed by atoms with Gasteiger partial charge in [-0.25, -0.2) is 8.42 Å². The van der Waals surface area contributed by atoms with E-state index < -0.39 is 9.05 Å². The van der Waals surface area contributed by atoms with Crippen molar-refractivity contribution < 1.29 is 13.2 Å². The molecule has 0 radical (unpaired) electrons. The summed E-state index contributed by atoms with van der Waals surface area (Å²) < 4.78 is 27.9. The first-order valence-corrected chi connectivity index (χ1v) is 8.24. The maximum Gasteiger partial charge on any atom is 0.233 e. The number of halogens is 1. The van der Waals surface area contributed by atoms with Crippen LogP contribution in [0.2, 0.25) is 0 Å². The average molecular weight is 292 g/mol. The minimum Gasteiger partial charge on any atom is -0.491 e. The number of hydrogen-bond donors (Lipinski definition) is 0. The zero-order chi connectivity index (χ0) is 13.8. The number of pyridine rings is 1. The summed E-state index contributed by atoms with van der Waals surface area (Å²) in [6.45, 7) is 6.06. The highest BCUT2D eigenvalue weighted by atomic mass is 35.7. The Bertz CT molecular complexity index is 488. The van der Waals surface area contributed by atoms with Gasteiger partial charge in [0.1, 0.15) is 5.75 Å². The molecule has 1 unspecified atom stereocenters. The van der Waals surface area contributed by atoms with E-state index in [1.54, 1.807) is 12.3 Å². The van der Waals surface area contributed by atoms with Crippen molar-refractivity contribution in [3.05, 3.63) is 24.0 Å². The molecule has 0 fully saturated rings. The lowest BCUT2D eigenvalue weighted by Crippen LogP contribution is -2.24. The Morgan fingerprint density at radius 1 is 1.44 bits per heavy atom. The Balaban J connectivity index is 2.66. The summed E-state index contributed by atoms with van der Waals surface area (Å²) in [5, 5.41) is 0. The highest BCUT2D eigenvalue weighted by Gasteiger charge is 2.21. The van der Waals surface area contributed by atoms with Crippen LogP contribution in [0.5, 0.6) is 5.75 Å². The van der Waals surface area contributed by atoms with Gasteiger partial charge in [-0.3, -0.25) is 4.98 Å². The molecule has 1 atom stereocenters. The van der Waals surface area contributed by atoms with Crippen molar-refractivity contribution in [2.75, 3.05) is 12.4 Å². The van der Waals surface area contributed by atoms with E-state index in [4.69, 9.17) is 15.4 Å². The first kappa shape index (κ1) is 15.2. The summed E-state index contributed by atoms with van der Waals surface area (Å²) in [6, 6.07) is 3.60. The van der Waals surface area contributed by atoms with E-state index in [2.05, 4.69) is 4.98 Å². The normalized spacial score (nSPS) is 13.6. The van der Waals surface area contributed by atoms with Gasteiger partial charge in [-0.1, -0.05) is 13.8 Å². The van der Waals surface area contributed by atoms with Crippen molar-refractivity contribution in [3.8, 4) is 5.75 Å². The maximum absolute atomic E-state index is 11.1. The van der Waals surface area contributed by atoms with Crippen molar-refractivity contribution in [2.24, 2.45) is 11.8 Å². The summed E-state index contributed by atoms with van der Waals surface area (Å²) >= 11 is 0. The zero-order valence-corrected chi connectivity index (χ0v) is 12.3. The predicted molar refractivity (Wildman–Crippen MR) is 72.4 cm³/mol. The molecular weight excluding hydrogens is 274 g/mol. The van der Waals surface area contributed by atoms with Crippen LogP contribution in [0.25, 0.3) is 0 Å². The van der Waals surface area contributed by atoms with Crippen LogP contribution in [-0.2, 0) is 9.05 Å². The van der Waals surface area contributed by atoms with Gasteiger partial charge in [0.05, 0.1) is 18.1 Å². The summed E-state index contributed by atoms with van der Waals surface area (Å²) in [5.41, 5.74) is 0.786. The number of aryl methyl sites for hydroxylation is 1. The molecule has 0 saturated carbocycles. The van der Waals surface area contributed by atoms with Crippen LogP contribution in [0.4, 0.5) is 0 Å². The smallest absolute Gasteiger partial charge is 0.233 e. The number of hydrogen-bond acceptors (Lipinski definition) is 4. The van der Waals surface area contributed by atoms with Crippen molar-refractivity contribution in [2.45, 2.75) is 20.8 Å². The van der Waals surface area contributed by atoms with E-state index in [0.29, 0.717) is 12.4 Å². The summed E-state index contributed by atoms with van der Waals surface area (Å²) in [7, 11) is 1.78. The molecule has 0 saturated heterocycles. The highest BCUT2D eigenvalue weighted by molar-refractivity contribution is 8.13. The lowest BCUT2D eigenvalue weighted by molar-refractivity contribution is 0.223. The van der Waals surface area contributed by atoms with Gasteiger partial charge in [0, 0.05) is 22.8 Å². The van der Waals surface area contributed by atoms with E-state index in [1.807, 2.05) is 26.8 Å². The fourth-order valence-electron chi connectivity index (χ4n) is 1.51. The molecule has 0 aromatic carbocycles. The van der Waals surface area contributed by atoms with Gasteiger partial charge < -0.3 is 4.74 Å². The van der Waals surface area contributed by atoms with Gasteiger partial charge in [0.25, 0.3) is 0 Å². The van der Waals surface area contributed by atoms with Crippen molar-refractivity contribution in [1.29, 1.82) is 0 Å². The highest BCUT2D eigenvalue weighted by Crippen LogP contribution is 2.20. The molecule has 1 aromatic rings. The quantitative estimate of drug-likeness (QED) is 0.756. The third kappa shape index (κ3) is 5.23. The molecule has 1 rings (SSSR count). The molecule has 4 nitrogen and oxygen atoms in total. The summed E-state index contributed by atoms with van der Waals surface area (Å²) in [4.78, 5) is 4.11. The Morgan fingerprint density at radius 3 is 2.61 bits per heavy atom. The molecular formula is C12H18ClNO3S. The molecule has 102 valence electrons. The van der Waals surface area contributed by atoms with E-state index in [-0.39, 0.29) is 17.6 Å². The SMILES string of the molecule is Cc1ncccc1OCC(CS(=O)(=O)Cl)C(C)C. The van der Waals surface area contributed by atoms with E-state index in [0.717, 1.165) is 5.69 Å². The second-order valence-electron chi connectivity index (χ2n) is 4.61. The van der Waals surface area contributed by atoms with E-state index >= 15 is 0 Å².